The average Bonchev–Trinajstić information content (AvgIpc) is 2.26. The predicted molar refractivity (Wildman–Crippen MR) is 64.1 cm³/mol. The Morgan fingerprint density at radius 2 is 2.13 bits per heavy atom. The summed E-state index contributed by atoms with van der Waals surface area (Å²) in [5, 5.41) is 11.5. The highest BCUT2D eigenvalue weighted by Crippen LogP contribution is 2.37. The van der Waals surface area contributed by atoms with Gasteiger partial charge in [-0.2, -0.15) is 11.8 Å². The van der Waals surface area contributed by atoms with Crippen molar-refractivity contribution in [2.45, 2.75) is 36.9 Å². The van der Waals surface area contributed by atoms with E-state index in [9.17, 15) is 4.79 Å². The summed E-state index contributed by atoms with van der Waals surface area (Å²) in [5.41, 5.74) is 0. The van der Waals surface area contributed by atoms with Crippen LogP contribution in [0.25, 0.3) is 0 Å². The van der Waals surface area contributed by atoms with Crippen LogP contribution in [0.1, 0.15) is 32.1 Å². The second kappa shape index (κ2) is 6.05. The van der Waals surface area contributed by atoms with Gasteiger partial charge in [0.1, 0.15) is 0 Å². The summed E-state index contributed by atoms with van der Waals surface area (Å²) in [6.07, 6.45) is 11.2. The third kappa shape index (κ3) is 4.16. The van der Waals surface area contributed by atoms with E-state index in [1.807, 2.05) is 11.8 Å². The molecule has 0 aliphatic heterocycles. The number of thioether (sulfide) groups is 1. The summed E-state index contributed by atoms with van der Waals surface area (Å²) < 4.78 is 0.321. The molecule has 0 saturated heterocycles. The first kappa shape index (κ1) is 12.4. The number of nitrogens with one attached hydrogen (secondary N) is 1. The minimum absolute atomic E-state index is 0.321. The average molecular weight is 229 g/mol. The van der Waals surface area contributed by atoms with Crippen molar-refractivity contribution in [1.82, 2.24) is 5.32 Å². The molecule has 0 aromatic rings. The molecule has 1 fully saturated rings. The van der Waals surface area contributed by atoms with Crippen molar-refractivity contribution in [2.24, 2.45) is 0 Å². The molecule has 1 aliphatic rings. The first-order chi connectivity index (χ1) is 7.18. The van der Waals surface area contributed by atoms with Crippen LogP contribution in [-0.4, -0.2) is 28.6 Å². The number of hydrogen-bond donors (Lipinski definition) is 2. The molecule has 1 aliphatic carbocycles. The Kier molecular flexibility index (Phi) is 5.02. The van der Waals surface area contributed by atoms with Crippen LogP contribution < -0.4 is 5.32 Å². The largest absolute Gasteiger partial charge is 0.478 e. The maximum atomic E-state index is 10.3. The van der Waals surface area contributed by atoms with Crippen LogP contribution >= 0.6 is 11.8 Å². The Labute approximate surface area is 95.3 Å². The highest BCUT2D eigenvalue weighted by atomic mass is 32.2. The second-order valence-electron chi connectivity index (χ2n) is 4.00. The number of rotatable bonds is 5. The first-order valence-electron chi connectivity index (χ1n) is 5.37. The Balaban J connectivity index is 2.35. The summed E-state index contributed by atoms with van der Waals surface area (Å²) in [5.74, 6) is -0.899. The SMILES string of the molecule is CSC1(CN/C=C/C(=O)O)CCCCC1. The molecule has 86 valence electrons. The molecule has 0 spiro atoms. The quantitative estimate of drug-likeness (QED) is 0.710. The Morgan fingerprint density at radius 1 is 1.47 bits per heavy atom. The Hall–Kier alpha value is -0.640. The molecule has 15 heavy (non-hydrogen) atoms. The van der Waals surface area contributed by atoms with Crippen molar-refractivity contribution in [3.8, 4) is 0 Å². The maximum absolute atomic E-state index is 10.3. The van der Waals surface area contributed by atoms with E-state index in [1.54, 1.807) is 0 Å². The summed E-state index contributed by atoms with van der Waals surface area (Å²) in [7, 11) is 0. The van der Waals surface area contributed by atoms with E-state index in [-0.39, 0.29) is 0 Å². The fourth-order valence-electron chi connectivity index (χ4n) is 2.02. The van der Waals surface area contributed by atoms with Crippen molar-refractivity contribution >= 4 is 17.7 Å². The molecule has 0 heterocycles. The number of hydrogen-bond acceptors (Lipinski definition) is 3. The van der Waals surface area contributed by atoms with Crippen LogP contribution in [0.2, 0.25) is 0 Å². The topological polar surface area (TPSA) is 49.3 Å². The molecule has 0 unspecified atom stereocenters. The van der Waals surface area contributed by atoms with Crippen LogP contribution in [0.5, 0.6) is 0 Å². The number of aliphatic carboxylic acids is 1. The Morgan fingerprint density at radius 3 is 2.67 bits per heavy atom. The van der Waals surface area contributed by atoms with Gasteiger partial charge in [0.25, 0.3) is 0 Å². The van der Waals surface area contributed by atoms with Gasteiger partial charge >= 0.3 is 5.97 Å². The molecule has 0 aromatic heterocycles. The van der Waals surface area contributed by atoms with Crippen LogP contribution in [0.4, 0.5) is 0 Å². The van der Waals surface area contributed by atoms with Gasteiger partial charge in [-0.1, -0.05) is 19.3 Å². The molecule has 1 saturated carbocycles. The second-order valence-corrected chi connectivity index (χ2v) is 5.27. The lowest BCUT2D eigenvalue weighted by Crippen LogP contribution is -2.37. The van der Waals surface area contributed by atoms with E-state index in [0.29, 0.717) is 4.75 Å². The van der Waals surface area contributed by atoms with Gasteiger partial charge < -0.3 is 10.4 Å². The number of carboxylic acid groups (broad SMARTS) is 1. The van der Waals surface area contributed by atoms with Gasteiger partial charge in [-0.15, -0.1) is 0 Å². The van der Waals surface area contributed by atoms with Crippen molar-refractivity contribution in [2.75, 3.05) is 12.8 Å². The minimum Gasteiger partial charge on any atom is -0.478 e. The van der Waals surface area contributed by atoms with Crippen LogP contribution in [-0.2, 0) is 4.79 Å². The van der Waals surface area contributed by atoms with Crippen molar-refractivity contribution in [1.29, 1.82) is 0 Å². The first-order valence-corrected chi connectivity index (χ1v) is 6.59. The highest BCUT2D eigenvalue weighted by Gasteiger charge is 2.30. The zero-order chi connectivity index (χ0) is 11.1. The summed E-state index contributed by atoms with van der Waals surface area (Å²) in [4.78, 5) is 10.3. The van der Waals surface area contributed by atoms with E-state index >= 15 is 0 Å². The zero-order valence-electron chi connectivity index (χ0n) is 9.16. The molecule has 3 nitrogen and oxygen atoms in total. The van der Waals surface area contributed by atoms with Gasteiger partial charge in [-0.25, -0.2) is 4.79 Å². The fourth-order valence-corrected chi connectivity index (χ4v) is 2.95. The molecule has 0 amide bonds. The Bertz CT molecular complexity index is 235. The molecule has 0 aromatic carbocycles. The van der Waals surface area contributed by atoms with Gasteiger partial charge in [0, 0.05) is 23.6 Å². The predicted octanol–water partition coefficient (Wildman–Crippen LogP) is 2.24. The number of carbonyl (C=O) groups is 1. The monoisotopic (exact) mass is 229 g/mol. The van der Waals surface area contributed by atoms with Gasteiger partial charge in [-0.3, -0.25) is 0 Å². The lowest BCUT2D eigenvalue weighted by molar-refractivity contribution is -0.131. The molecule has 1 rings (SSSR count). The summed E-state index contributed by atoms with van der Waals surface area (Å²) >= 11 is 1.91. The van der Waals surface area contributed by atoms with Crippen LogP contribution in [0, 0.1) is 0 Å². The summed E-state index contributed by atoms with van der Waals surface area (Å²) in [6, 6.07) is 0. The zero-order valence-corrected chi connectivity index (χ0v) is 9.98. The van der Waals surface area contributed by atoms with Gasteiger partial charge in [0.2, 0.25) is 0 Å². The van der Waals surface area contributed by atoms with Gasteiger partial charge in [0.05, 0.1) is 0 Å². The third-order valence-electron chi connectivity index (χ3n) is 2.97. The van der Waals surface area contributed by atoms with Crippen molar-refractivity contribution < 1.29 is 9.90 Å². The van der Waals surface area contributed by atoms with E-state index in [1.165, 1.54) is 38.3 Å². The normalized spacial score (nSPS) is 20.3. The molecular weight excluding hydrogens is 210 g/mol. The minimum atomic E-state index is -0.899. The number of carboxylic acids is 1. The molecule has 0 atom stereocenters. The molecule has 0 radical (unpaired) electrons. The molecular formula is C11H19NO2S. The smallest absolute Gasteiger partial charge is 0.329 e. The van der Waals surface area contributed by atoms with Crippen molar-refractivity contribution in [3.63, 3.8) is 0 Å². The lowest BCUT2D eigenvalue weighted by atomic mass is 9.88. The van der Waals surface area contributed by atoms with Crippen LogP contribution in [0.15, 0.2) is 12.3 Å². The van der Waals surface area contributed by atoms with Crippen molar-refractivity contribution in [3.05, 3.63) is 12.3 Å². The van der Waals surface area contributed by atoms with Gasteiger partial charge in [0.15, 0.2) is 0 Å². The molecule has 2 N–H and O–H groups in total. The van der Waals surface area contributed by atoms with E-state index in [4.69, 9.17) is 5.11 Å². The van der Waals surface area contributed by atoms with E-state index in [0.717, 1.165) is 12.6 Å². The highest BCUT2D eigenvalue weighted by molar-refractivity contribution is 8.00. The summed E-state index contributed by atoms with van der Waals surface area (Å²) in [6.45, 7) is 0.873. The maximum Gasteiger partial charge on any atom is 0.329 e. The molecule has 4 heteroatoms. The molecule has 0 bridgehead atoms. The standard InChI is InChI=1S/C11H19NO2S/c1-15-11(6-3-2-4-7-11)9-12-8-5-10(13)14/h5,8,12H,2-4,6-7,9H2,1H3,(H,13,14)/b8-5+. The van der Waals surface area contributed by atoms with E-state index in [2.05, 4.69) is 11.6 Å². The van der Waals surface area contributed by atoms with Gasteiger partial charge in [-0.05, 0) is 19.1 Å². The fraction of sp³-hybridized carbons (Fsp3) is 0.727. The third-order valence-corrected chi connectivity index (χ3v) is 4.38. The van der Waals surface area contributed by atoms with Crippen LogP contribution in [0.3, 0.4) is 0 Å². The lowest BCUT2D eigenvalue weighted by Gasteiger charge is -2.35. The van der Waals surface area contributed by atoms with E-state index < -0.39 is 5.97 Å².